The smallest absolute Gasteiger partial charge is 0.319 e. The van der Waals surface area contributed by atoms with Crippen LogP contribution in [-0.2, 0) is 21.7 Å². The molecule has 176 valence electrons. The van der Waals surface area contributed by atoms with Gasteiger partial charge >= 0.3 is 6.03 Å². The van der Waals surface area contributed by atoms with Crippen LogP contribution in [-0.4, -0.2) is 39.1 Å². The van der Waals surface area contributed by atoms with Crippen molar-refractivity contribution < 1.29 is 14.4 Å². The number of carbonyl (C=O) groups excluding carboxylic acids is 3. The fourth-order valence-electron chi connectivity index (χ4n) is 4.36. The predicted octanol–water partition coefficient (Wildman–Crippen LogP) is 4.14. The van der Waals surface area contributed by atoms with Gasteiger partial charge in [-0.25, -0.2) is 9.48 Å². The highest BCUT2D eigenvalue weighted by molar-refractivity contribution is 6.31. The minimum absolute atomic E-state index is 0.352. The number of amides is 4. The number of hydrogen-bond donors (Lipinski definition) is 2. The maximum absolute atomic E-state index is 13.4. The largest absolute Gasteiger partial charge is 0.325 e. The second-order valence-corrected chi connectivity index (χ2v) is 8.89. The Balaban J connectivity index is 1.33. The number of fused-ring (bicyclic) bond motifs is 1. The fraction of sp³-hybridized carbons (Fsp3) is 0.154. The van der Waals surface area contributed by atoms with Crippen LogP contribution in [0.1, 0.15) is 18.1 Å². The molecule has 3 aromatic carbocycles. The minimum atomic E-state index is -1.29. The number of carbonyl (C=O) groups is 3. The van der Waals surface area contributed by atoms with E-state index in [2.05, 4.69) is 15.7 Å². The molecule has 4 aromatic rings. The predicted molar refractivity (Wildman–Crippen MR) is 133 cm³/mol. The first-order valence-corrected chi connectivity index (χ1v) is 11.4. The maximum atomic E-state index is 13.4. The Morgan fingerprint density at radius 2 is 1.77 bits per heavy atom. The van der Waals surface area contributed by atoms with E-state index in [1.54, 1.807) is 29.9 Å². The van der Waals surface area contributed by atoms with E-state index in [4.69, 9.17) is 11.6 Å². The van der Waals surface area contributed by atoms with Crippen molar-refractivity contribution in [1.82, 2.24) is 20.0 Å². The molecular formula is C26H22ClN5O3. The van der Waals surface area contributed by atoms with Gasteiger partial charge in [-0.15, -0.1) is 0 Å². The first-order valence-electron chi connectivity index (χ1n) is 11.0. The van der Waals surface area contributed by atoms with E-state index in [9.17, 15) is 14.4 Å². The van der Waals surface area contributed by atoms with Gasteiger partial charge in [0.05, 0.1) is 12.7 Å². The summed E-state index contributed by atoms with van der Waals surface area (Å²) in [4.78, 5) is 39.9. The molecule has 0 spiro atoms. The highest BCUT2D eigenvalue weighted by Gasteiger charge is 2.50. The van der Waals surface area contributed by atoms with Crippen LogP contribution < -0.4 is 10.6 Å². The van der Waals surface area contributed by atoms with E-state index in [0.29, 0.717) is 22.9 Å². The zero-order valence-electron chi connectivity index (χ0n) is 18.9. The molecule has 1 saturated heterocycles. The third-order valence-corrected chi connectivity index (χ3v) is 6.54. The highest BCUT2D eigenvalue weighted by atomic mass is 35.5. The molecule has 2 N–H and O–H groups in total. The highest BCUT2D eigenvalue weighted by Crippen LogP contribution is 2.33. The van der Waals surface area contributed by atoms with E-state index < -0.39 is 29.9 Å². The lowest BCUT2D eigenvalue weighted by atomic mass is 9.88. The molecule has 9 heteroatoms. The van der Waals surface area contributed by atoms with Gasteiger partial charge in [-0.1, -0.05) is 72.3 Å². The summed E-state index contributed by atoms with van der Waals surface area (Å²) in [5, 5.41) is 12.2. The van der Waals surface area contributed by atoms with E-state index in [1.807, 2.05) is 60.7 Å². The molecule has 1 aliphatic heterocycles. The Labute approximate surface area is 206 Å². The number of nitrogens with one attached hydrogen (secondary N) is 2. The van der Waals surface area contributed by atoms with E-state index in [0.717, 1.165) is 21.2 Å². The van der Waals surface area contributed by atoms with Gasteiger partial charge in [-0.05, 0) is 34.9 Å². The van der Waals surface area contributed by atoms with Crippen LogP contribution in [0.25, 0.3) is 10.8 Å². The lowest BCUT2D eigenvalue weighted by molar-refractivity contribution is -0.133. The van der Waals surface area contributed by atoms with Gasteiger partial charge in [0.25, 0.3) is 5.91 Å². The van der Waals surface area contributed by atoms with Gasteiger partial charge in [-0.2, -0.15) is 5.10 Å². The van der Waals surface area contributed by atoms with Crippen LogP contribution >= 0.6 is 11.6 Å². The molecule has 0 aliphatic carbocycles. The standard InChI is InChI=1S/C26H22ClN5O3/c1-26(20-11-6-9-17-7-2-4-10-19(17)20)24(34)31(25(35)30-26)16-23(33)29-22-13-14-28-32(22)15-18-8-3-5-12-21(18)27/h2-14H,15-16H2,1H3,(H,29,33)(H,30,35). The van der Waals surface area contributed by atoms with E-state index in [-0.39, 0.29) is 0 Å². The Morgan fingerprint density at radius 1 is 1.03 bits per heavy atom. The SMILES string of the molecule is CC1(c2cccc3ccccc23)NC(=O)N(CC(=O)Nc2ccnn2Cc2ccccc2Cl)C1=O. The van der Waals surface area contributed by atoms with Gasteiger partial charge in [-0.3, -0.25) is 14.5 Å². The van der Waals surface area contributed by atoms with E-state index in [1.165, 1.54) is 0 Å². The Kier molecular flexibility index (Phi) is 5.74. The first kappa shape index (κ1) is 22.6. The molecule has 0 radical (unpaired) electrons. The summed E-state index contributed by atoms with van der Waals surface area (Å²) >= 11 is 6.24. The van der Waals surface area contributed by atoms with Gasteiger partial charge in [0.15, 0.2) is 0 Å². The topological polar surface area (TPSA) is 96.3 Å². The molecule has 1 atom stereocenters. The molecule has 1 aliphatic rings. The quantitative estimate of drug-likeness (QED) is 0.399. The number of hydrogen-bond acceptors (Lipinski definition) is 4. The van der Waals surface area contributed by atoms with Crippen molar-refractivity contribution >= 4 is 46.0 Å². The van der Waals surface area contributed by atoms with Crippen LogP contribution in [0.4, 0.5) is 10.6 Å². The normalized spacial score (nSPS) is 17.6. The number of anilines is 1. The summed E-state index contributed by atoms with van der Waals surface area (Å²) in [6, 6.07) is 21.6. The summed E-state index contributed by atoms with van der Waals surface area (Å²) in [5.74, 6) is -0.575. The second kappa shape index (κ2) is 8.88. The molecule has 1 unspecified atom stereocenters. The lowest BCUT2D eigenvalue weighted by Crippen LogP contribution is -2.42. The summed E-state index contributed by atoms with van der Waals surface area (Å²) < 4.78 is 1.59. The Hall–Kier alpha value is -4.17. The molecule has 2 heterocycles. The molecule has 5 rings (SSSR count). The summed E-state index contributed by atoms with van der Waals surface area (Å²) in [7, 11) is 0. The zero-order valence-corrected chi connectivity index (χ0v) is 19.6. The summed E-state index contributed by atoms with van der Waals surface area (Å²) in [6.07, 6.45) is 1.55. The van der Waals surface area contributed by atoms with Crippen molar-refractivity contribution in [3.63, 3.8) is 0 Å². The van der Waals surface area contributed by atoms with Crippen LogP contribution in [0.15, 0.2) is 79.0 Å². The number of benzene rings is 3. The monoisotopic (exact) mass is 487 g/mol. The van der Waals surface area contributed by atoms with Gasteiger partial charge in [0, 0.05) is 11.1 Å². The number of urea groups is 1. The van der Waals surface area contributed by atoms with Crippen molar-refractivity contribution in [3.8, 4) is 0 Å². The van der Waals surface area contributed by atoms with Crippen LogP contribution in [0.3, 0.4) is 0 Å². The Morgan fingerprint density at radius 3 is 2.60 bits per heavy atom. The van der Waals surface area contributed by atoms with Crippen molar-refractivity contribution in [3.05, 3.63) is 95.1 Å². The summed E-state index contributed by atoms with van der Waals surface area (Å²) in [5.41, 5.74) is 0.229. The van der Waals surface area contributed by atoms with Crippen molar-refractivity contribution in [2.75, 3.05) is 11.9 Å². The van der Waals surface area contributed by atoms with Crippen molar-refractivity contribution in [2.24, 2.45) is 0 Å². The average Bonchev–Trinajstić information content (AvgIpc) is 3.37. The maximum Gasteiger partial charge on any atom is 0.325 e. The lowest BCUT2D eigenvalue weighted by Gasteiger charge is -2.24. The number of nitrogens with zero attached hydrogens (tertiary/aromatic N) is 3. The van der Waals surface area contributed by atoms with Crippen LogP contribution in [0.5, 0.6) is 0 Å². The zero-order chi connectivity index (χ0) is 24.6. The van der Waals surface area contributed by atoms with Crippen LogP contribution in [0.2, 0.25) is 5.02 Å². The fourth-order valence-corrected chi connectivity index (χ4v) is 4.56. The molecule has 4 amide bonds. The molecule has 8 nitrogen and oxygen atoms in total. The third kappa shape index (κ3) is 4.13. The number of halogens is 1. The van der Waals surface area contributed by atoms with Crippen molar-refractivity contribution in [2.45, 2.75) is 19.0 Å². The van der Waals surface area contributed by atoms with E-state index >= 15 is 0 Å². The first-order chi connectivity index (χ1) is 16.9. The number of rotatable bonds is 6. The minimum Gasteiger partial charge on any atom is -0.319 e. The molecule has 35 heavy (non-hydrogen) atoms. The third-order valence-electron chi connectivity index (χ3n) is 6.17. The average molecular weight is 488 g/mol. The summed E-state index contributed by atoms with van der Waals surface area (Å²) in [6.45, 7) is 1.58. The number of imide groups is 1. The molecule has 1 aromatic heterocycles. The molecule has 0 bridgehead atoms. The van der Waals surface area contributed by atoms with Crippen LogP contribution in [0, 0.1) is 0 Å². The number of aromatic nitrogens is 2. The second-order valence-electron chi connectivity index (χ2n) is 8.49. The van der Waals surface area contributed by atoms with Gasteiger partial charge in [0.2, 0.25) is 5.91 Å². The van der Waals surface area contributed by atoms with Gasteiger partial charge < -0.3 is 10.6 Å². The molecule has 0 saturated carbocycles. The molecular weight excluding hydrogens is 466 g/mol. The molecule has 1 fully saturated rings. The van der Waals surface area contributed by atoms with Crippen molar-refractivity contribution in [1.29, 1.82) is 0 Å². The van der Waals surface area contributed by atoms with Gasteiger partial charge in [0.1, 0.15) is 17.9 Å². The Bertz CT molecular complexity index is 1460.